The van der Waals surface area contributed by atoms with Gasteiger partial charge in [-0.3, -0.25) is 4.79 Å². The van der Waals surface area contributed by atoms with Crippen molar-refractivity contribution in [3.05, 3.63) is 57.9 Å². The predicted octanol–water partition coefficient (Wildman–Crippen LogP) is 4.50. The van der Waals surface area contributed by atoms with E-state index in [1.165, 1.54) is 18.2 Å². The van der Waals surface area contributed by atoms with Gasteiger partial charge in [0.2, 0.25) is 0 Å². The van der Waals surface area contributed by atoms with Gasteiger partial charge in [-0.25, -0.2) is 13.2 Å². The molecule has 2 N–H and O–H groups in total. The van der Waals surface area contributed by atoms with E-state index in [-0.39, 0.29) is 18.1 Å². The standard InChI is InChI=1S/C22H23F3NO2Si/c1-4-28-17(27)10-22(26,29)19-20(24)15(13-5-6-13)9-16(21(19)25)18-11(2)7-14(23)8-12(18)3/h7-9,13H,4-6,10,26H2,1-3H3/t22-/m0/s1. The molecule has 0 bridgehead atoms. The minimum absolute atomic E-state index is 0.0285. The molecular weight excluding hydrogens is 395 g/mol. The lowest BCUT2D eigenvalue weighted by atomic mass is 9.88. The summed E-state index contributed by atoms with van der Waals surface area (Å²) in [5.74, 6) is -2.75. The highest BCUT2D eigenvalue weighted by Gasteiger charge is 2.38. The Morgan fingerprint density at radius 3 is 2.28 bits per heavy atom. The van der Waals surface area contributed by atoms with E-state index in [9.17, 15) is 9.18 Å². The average Bonchev–Trinajstić information content (AvgIpc) is 3.40. The van der Waals surface area contributed by atoms with Crippen LogP contribution in [0, 0.1) is 31.3 Å². The number of esters is 1. The number of rotatable bonds is 6. The minimum atomic E-state index is -1.79. The molecule has 153 valence electrons. The van der Waals surface area contributed by atoms with E-state index < -0.39 is 40.6 Å². The maximum absolute atomic E-state index is 15.7. The molecule has 0 amide bonds. The number of ether oxygens (including phenoxy) is 1. The van der Waals surface area contributed by atoms with Crippen molar-refractivity contribution in [3.8, 4) is 11.1 Å². The Labute approximate surface area is 171 Å². The summed E-state index contributed by atoms with van der Waals surface area (Å²) in [5, 5.41) is -1.79. The number of hydrogen-bond donors (Lipinski definition) is 1. The zero-order valence-corrected chi connectivity index (χ0v) is 17.7. The van der Waals surface area contributed by atoms with Gasteiger partial charge in [-0.15, -0.1) is 0 Å². The molecule has 2 aromatic rings. The molecule has 0 saturated heterocycles. The Kier molecular flexibility index (Phi) is 5.92. The van der Waals surface area contributed by atoms with E-state index in [2.05, 4.69) is 10.2 Å². The smallest absolute Gasteiger partial charge is 0.307 e. The summed E-state index contributed by atoms with van der Waals surface area (Å²) in [6.07, 6.45) is 1.14. The molecule has 2 aromatic carbocycles. The molecule has 3 rings (SSSR count). The zero-order chi connectivity index (χ0) is 21.5. The molecule has 0 unspecified atom stereocenters. The van der Waals surface area contributed by atoms with E-state index in [4.69, 9.17) is 10.5 Å². The lowest BCUT2D eigenvalue weighted by molar-refractivity contribution is -0.143. The fourth-order valence-electron chi connectivity index (χ4n) is 3.79. The third-order valence-electron chi connectivity index (χ3n) is 5.19. The molecule has 0 heterocycles. The number of halogens is 3. The summed E-state index contributed by atoms with van der Waals surface area (Å²) in [6.45, 7) is 5.11. The summed E-state index contributed by atoms with van der Waals surface area (Å²) < 4.78 is 49.7. The van der Waals surface area contributed by atoms with Crippen molar-refractivity contribution in [2.75, 3.05) is 6.61 Å². The van der Waals surface area contributed by atoms with Crippen molar-refractivity contribution in [3.63, 3.8) is 0 Å². The van der Waals surface area contributed by atoms with Gasteiger partial charge in [-0.2, -0.15) is 0 Å². The van der Waals surface area contributed by atoms with Crippen molar-refractivity contribution >= 4 is 16.2 Å². The Morgan fingerprint density at radius 2 is 1.76 bits per heavy atom. The van der Waals surface area contributed by atoms with Gasteiger partial charge in [-0.05, 0) is 80.0 Å². The number of aryl methyl sites for hydroxylation is 2. The fraction of sp³-hybridized carbons (Fsp3) is 0.409. The summed E-state index contributed by atoms with van der Waals surface area (Å²) in [7, 11) is 3.22. The van der Waals surface area contributed by atoms with Crippen LogP contribution in [0.5, 0.6) is 0 Å². The average molecular weight is 419 g/mol. The van der Waals surface area contributed by atoms with E-state index in [0.717, 1.165) is 12.8 Å². The van der Waals surface area contributed by atoms with Gasteiger partial charge in [0.25, 0.3) is 0 Å². The van der Waals surface area contributed by atoms with Crippen LogP contribution in [0.1, 0.15) is 54.4 Å². The second-order valence-electron chi connectivity index (χ2n) is 7.66. The van der Waals surface area contributed by atoms with Gasteiger partial charge in [-0.1, -0.05) is 0 Å². The topological polar surface area (TPSA) is 52.3 Å². The van der Waals surface area contributed by atoms with Crippen LogP contribution in [0.2, 0.25) is 0 Å². The Morgan fingerprint density at radius 1 is 1.17 bits per heavy atom. The molecule has 3 nitrogen and oxygen atoms in total. The summed E-state index contributed by atoms with van der Waals surface area (Å²) in [5.41, 5.74) is 7.83. The maximum Gasteiger partial charge on any atom is 0.307 e. The van der Waals surface area contributed by atoms with Crippen LogP contribution in [0.25, 0.3) is 11.1 Å². The highest BCUT2D eigenvalue weighted by molar-refractivity contribution is 6.17. The first-order valence-electron chi connectivity index (χ1n) is 9.55. The summed E-state index contributed by atoms with van der Waals surface area (Å²) in [6, 6.07) is 4.11. The molecule has 1 aliphatic carbocycles. The largest absolute Gasteiger partial charge is 0.466 e. The lowest BCUT2D eigenvalue weighted by Gasteiger charge is -2.28. The monoisotopic (exact) mass is 418 g/mol. The van der Waals surface area contributed by atoms with Crippen LogP contribution in [-0.2, 0) is 14.7 Å². The Balaban J connectivity index is 2.24. The van der Waals surface area contributed by atoms with Crippen molar-refractivity contribution < 1.29 is 22.7 Å². The van der Waals surface area contributed by atoms with Crippen LogP contribution in [0.15, 0.2) is 18.2 Å². The van der Waals surface area contributed by atoms with E-state index in [1.807, 2.05) is 0 Å². The SMILES string of the molecule is CCOC(=O)C[C@](N)([Si])c1c(F)c(-c2c(C)cc(F)cc2C)cc(C2CC2)c1F. The number of carbonyl (C=O) groups excluding carboxylic acids is 1. The second-order valence-corrected chi connectivity index (χ2v) is 8.55. The molecule has 0 aromatic heterocycles. The van der Waals surface area contributed by atoms with Gasteiger partial charge in [0.15, 0.2) is 0 Å². The van der Waals surface area contributed by atoms with Gasteiger partial charge in [0.05, 0.1) is 23.3 Å². The fourth-order valence-corrected chi connectivity index (χ4v) is 4.15. The number of nitrogens with two attached hydrogens (primary N) is 1. The van der Waals surface area contributed by atoms with Crippen LogP contribution < -0.4 is 5.73 Å². The maximum atomic E-state index is 15.7. The zero-order valence-electron chi connectivity index (χ0n) is 16.7. The molecule has 0 spiro atoms. The van der Waals surface area contributed by atoms with Crippen molar-refractivity contribution in [1.29, 1.82) is 0 Å². The van der Waals surface area contributed by atoms with Crippen LogP contribution in [0.3, 0.4) is 0 Å². The van der Waals surface area contributed by atoms with E-state index >= 15 is 8.78 Å². The Bertz CT molecular complexity index is 948. The molecule has 1 aliphatic rings. The van der Waals surface area contributed by atoms with Crippen LogP contribution in [-0.4, -0.2) is 22.8 Å². The number of carbonyl (C=O) groups is 1. The van der Waals surface area contributed by atoms with Crippen LogP contribution in [0.4, 0.5) is 13.2 Å². The second kappa shape index (κ2) is 7.95. The first kappa shape index (κ1) is 21.6. The predicted molar refractivity (Wildman–Crippen MR) is 106 cm³/mol. The molecule has 1 fully saturated rings. The molecule has 3 radical (unpaired) electrons. The van der Waals surface area contributed by atoms with Gasteiger partial charge >= 0.3 is 5.97 Å². The van der Waals surface area contributed by atoms with Crippen molar-refractivity contribution in [2.45, 2.75) is 51.1 Å². The summed E-state index contributed by atoms with van der Waals surface area (Å²) in [4.78, 5) is 12.0. The van der Waals surface area contributed by atoms with Crippen LogP contribution >= 0.6 is 0 Å². The van der Waals surface area contributed by atoms with Gasteiger partial charge < -0.3 is 10.5 Å². The van der Waals surface area contributed by atoms with Crippen molar-refractivity contribution in [1.82, 2.24) is 0 Å². The molecule has 1 atom stereocenters. The molecule has 1 saturated carbocycles. The normalized spacial score (nSPS) is 15.9. The van der Waals surface area contributed by atoms with Crippen molar-refractivity contribution in [2.24, 2.45) is 5.73 Å². The highest BCUT2D eigenvalue weighted by atomic mass is 28.1. The number of benzene rings is 2. The first-order chi connectivity index (χ1) is 13.6. The molecular formula is C22H23F3NO2Si. The molecule has 29 heavy (non-hydrogen) atoms. The van der Waals surface area contributed by atoms with Gasteiger partial charge in [0.1, 0.15) is 17.5 Å². The lowest BCUT2D eigenvalue weighted by Crippen LogP contribution is -2.42. The third-order valence-corrected chi connectivity index (χ3v) is 5.61. The van der Waals surface area contributed by atoms with E-state index in [1.54, 1.807) is 20.8 Å². The number of hydrogen-bond acceptors (Lipinski definition) is 3. The quantitative estimate of drug-likeness (QED) is 0.555. The third kappa shape index (κ3) is 4.26. The minimum Gasteiger partial charge on any atom is -0.466 e. The van der Waals surface area contributed by atoms with E-state index in [0.29, 0.717) is 22.3 Å². The molecule has 0 aliphatic heterocycles. The molecule has 7 heteroatoms. The van der Waals surface area contributed by atoms with Gasteiger partial charge in [0, 0.05) is 16.3 Å². The highest BCUT2D eigenvalue weighted by Crippen LogP contribution is 2.46. The summed E-state index contributed by atoms with van der Waals surface area (Å²) >= 11 is 0. The Hall–Kier alpha value is -2.12. The first-order valence-corrected chi connectivity index (χ1v) is 10.1.